The second kappa shape index (κ2) is 9.25. The molecule has 6 nitrogen and oxygen atoms in total. The number of nitrogens with one attached hydrogen (secondary N) is 1. The van der Waals surface area contributed by atoms with Crippen molar-refractivity contribution in [3.63, 3.8) is 0 Å². The number of benzene rings is 1. The second-order valence-electron chi connectivity index (χ2n) is 8.41. The summed E-state index contributed by atoms with van der Waals surface area (Å²) in [6.07, 6.45) is 7.39. The number of pyridine rings is 1. The Bertz CT molecular complexity index is 1040. The van der Waals surface area contributed by atoms with Gasteiger partial charge in [0.2, 0.25) is 0 Å². The van der Waals surface area contributed by atoms with E-state index < -0.39 is 0 Å². The Morgan fingerprint density at radius 2 is 1.87 bits per heavy atom. The number of nitrogens with zero attached hydrogens (tertiary/aromatic N) is 4. The first-order chi connectivity index (χ1) is 15.0. The van der Waals surface area contributed by atoms with Gasteiger partial charge in [0.05, 0.1) is 11.6 Å². The van der Waals surface area contributed by atoms with E-state index in [0.717, 1.165) is 41.9 Å². The molecule has 1 N–H and O–H groups in total. The molecule has 0 unspecified atom stereocenters. The molecule has 0 aliphatic carbocycles. The van der Waals surface area contributed by atoms with Crippen molar-refractivity contribution < 1.29 is 4.79 Å². The lowest BCUT2D eigenvalue weighted by molar-refractivity contribution is 0.0540. The van der Waals surface area contributed by atoms with Gasteiger partial charge in [0.1, 0.15) is 5.82 Å². The zero-order valence-corrected chi connectivity index (χ0v) is 18.4. The fourth-order valence-corrected chi connectivity index (χ4v) is 4.22. The third kappa shape index (κ3) is 4.74. The molecule has 1 aromatic carbocycles. The zero-order valence-electron chi connectivity index (χ0n) is 18.4. The van der Waals surface area contributed by atoms with Gasteiger partial charge in [-0.1, -0.05) is 30.7 Å². The Hall–Kier alpha value is -3.28. The zero-order chi connectivity index (χ0) is 21.8. The van der Waals surface area contributed by atoms with E-state index in [1.54, 1.807) is 18.5 Å². The van der Waals surface area contributed by atoms with Gasteiger partial charge in [-0.2, -0.15) is 0 Å². The van der Waals surface area contributed by atoms with E-state index in [9.17, 15) is 4.79 Å². The van der Waals surface area contributed by atoms with Crippen molar-refractivity contribution in [3.8, 4) is 11.4 Å². The summed E-state index contributed by atoms with van der Waals surface area (Å²) in [4.78, 5) is 29.0. The lowest BCUT2D eigenvalue weighted by Crippen LogP contribution is -2.51. The lowest BCUT2D eigenvalue weighted by Gasteiger charge is -2.40. The third-order valence-corrected chi connectivity index (χ3v) is 5.99. The molecular formula is C25H29N5O. The topological polar surface area (TPSA) is 71.0 Å². The van der Waals surface area contributed by atoms with Gasteiger partial charge < -0.3 is 10.2 Å². The summed E-state index contributed by atoms with van der Waals surface area (Å²) in [6.45, 7) is 7.68. The monoisotopic (exact) mass is 415 g/mol. The average molecular weight is 416 g/mol. The number of aryl methyl sites for hydroxylation is 2. The van der Waals surface area contributed by atoms with Crippen LogP contribution in [0.5, 0.6) is 0 Å². The van der Waals surface area contributed by atoms with Crippen LogP contribution >= 0.6 is 0 Å². The van der Waals surface area contributed by atoms with Gasteiger partial charge in [-0.3, -0.25) is 4.79 Å². The maximum absolute atomic E-state index is 13.8. The molecule has 6 heteroatoms. The van der Waals surface area contributed by atoms with Crippen LogP contribution in [0.4, 0.5) is 5.82 Å². The highest BCUT2D eigenvalue weighted by molar-refractivity contribution is 6.00. The molecule has 1 amide bonds. The molecule has 3 heterocycles. The lowest BCUT2D eigenvalue weighted by atomic mass is 9.89. The molecule has 1 saturated heterocycles. The predicted molar refractivity (Wildman–Crippen MR) is 123 cm³/mol. The van der Waals surface area contributed by atoms with Gasteiger partial charge in [0, 0.05) is 37.2 Å². The van der Waals surface area contributed by atoms with Crippen LogP contribution in [0.3, 0.4) is 0 Å². The first-order valence-corrected chi connectivity index (χ1v) is 10.9. The molecule has 1 aliphatic heterocycles. The highest BCUT2D eigenvalue weighted by Crippen LogP contribution is 2.29. The molecule has 3 aromatic rings. The smallest absolute Gasteiger partial charge is 0.254 e. The van der Waals surface area contributed by atoms with Gasteiger partial charge in [-0.15, -0.1) is 0 Å². The summed E-state index contributed by atoms with van der Waals surface area (Å²) >= 11 is 0. The van der Waals surface area contributed by atoms with Crippen LogP contribution in [0.25, 0.3) is 11.4 Å². The quantitative estimate of drug-likeness (QED) is 0.664. The number of rotatable bonds is 5. The van der Waals surface area contributed by atoms with Crippen LogP contribution in [0, 0.1) is 19.8 Å². The van der Waals surface area contributed by atoms with Gasteiger partial charge in [0.15, 0.2) is 5.82 Å². The Morgan fingerprint density at radius 1 is 1.10 bits per heavy atom. The Kier molecular flexibility index (Phi) is 6.26. The minimum absolute atomic E-state index is 0.0429. The molecule has 1 fully saturated rings. The van der Waals surface area contributed by atoms with E-state index in [4.69, 9.17) is 0 Å². The number of likely N-dealkylation sites (tertiary alicyclic amines) is 1. The van der Waals surface area contributed by atoms with E-state index in [-0.39, 0.29) is 11.9 Å². The van der Waals surface area contributed by atoms with Crippen molar-refractivity contribution in [2.45, 2.75) is 39.7 Å². The maximum Gasteiger partial charge on any atom is 0.254 e. The summed E-state index contributed by atoms with van der Waals surface area (Å²) in [6, 6.07) is 11.8. The molecule has 0 radical (unpaired) electrons. The molecular weight excluding hydrogens is 386 g/mol. The molecule has 0 bridgehead atoms. The minimum atomic E-state index is 0.0429. The number of piperidine rings is 1. The predicted octanol–water partition coefficient (Wildman–Crippen LogP) is 4.51. The van der Waals surface area contributed by atoms with Crippen LogP contribution < -0.4 is 5.32 Å². The normalized spacial score (nSPS) is 18.6. The molecule has 1 aliphatic rings. The largest absolute Gasteiger partial charge is 0.368 e. The van der Waals surface area contributed by atoms with Gasteiger partial charge in [0.25, 0.3) is 5.91 Å². The fourth-order valence-electron chi connectivity index (χ4n) is 4.22. The van der Waals surface area contributed by atoms with Crippen molar-refractivity contribution in [3.05, 3.63) is 71.7 Å². The summed E-state index contributed by atoms with van der Waals surface area (Å²) in [5.41, 5.74) is 3.62. The van der Waals surface area contributed by atoms with Gasteiger partial charge in [-0.25, -0.2) is 15.0 Å². The van der Waals surface area contributed by atoms with Crippen molar-refractivity contribution in [2.24, 2.45) is 5.92 Å². The molecule has 4 rings (SSSR count). The summed E-state index contributed by atoms with van der Waals surface area (Å²) in [5, 5.41) is 3.44. The molecule has 2 aromatic heterocycles. The Morgan fingerprint density at radius 3 is 2.61 bits per heavy atom. The summed E-state index contributed by atoms with van der Waals surface area (Å²) < 4.78 is 0. The van der Waals surface area contributed by atoms with Gasteiger partial charge >= 0.3 is 0 Å². The van der Waals surface area contributed by atoms with Crippen LogP contribution in [-0.2, 0) is 0 Å². The number of anilines is 1. The van der Waals surface area contributed by atoms with E-state index >= 15 is 0 Å². The standard InChI is InChI=1S/C25H29N5O/c1-17-7-9-20(24-26-11-5-12-27-24)21(14-17)25(31)30-13-4-6-19(3)22(30)16-29-23-10-8-18(2)15-28-23/h5,7-12,14-15,19,22H,4,6,13,16H2,1-3H3,(H,28,29)/t19-,22-/m1/s1. The highest BCUT2D eigenvalue weighted by atomic mass is 16.2. The second-order valence-corrected chi connectivity index (χ2v) is 8.41. The van der Waals surface area contributed by atoms with E-state index in [2.05, 4.69) is 27.2 Å². The van der Waals surface area contributed by atoms with Crippen molar-refractivity contribution in [2.75, 3.05) is 18.4 Å². The van der Waals surface area contributed by atoms with E-state index in [0.29, 0.717) is 23.9 Å². The third-order valence-electron chi connectivity index (χ3n) is 5.99. The average Bonchev–Trinajstić information content (AvgIpc) is 2.79. The fraction of sp³-hybridized carbons (Fsp3) is 0.360. The molecule has 31 heavy (non-hydrogen) atoms. The number of amides is 1. The molecule has 0 spiro atoms. The van der Waals surface area contributed by atoms with E-state index in [1.807, 2.05) is 55.3 Å². The van der Waals surface area contributed by atoms with Crippen molar-refractivity contribution in [1.29, 1.82) is 0 Å². The van der Waals surface area contributed by atoms with E-state index in [1.165, 1.54) is 0 Å². The minimum Gasteiger partial charge on any atom is -0.368 e. The summed E-state index contributed by atoms with van der Waals surface area (Å²) in [7, 11) is 0. The van der Waals surface area contributed by atoms with Crippen molar-refractivity contribution in [1.82, 2.24) is 19.9 Å². The maximum atomic E-state index is 13.8. The number of carbonyl (C=O) groups excluding carboxylic acids is 1. The molecule has 2 atom stereocenters. The van der Waals surface area contributed by atoms with Crippen LogP contribution in [0.15, 0.2) is 55.0 Å². The van der Waals surface area contributed by atoms with Crippen LogP contribution in [0.2, 0.25) is 0 Å². The molecule has 0 saturated carbocycles. The molecule has 160 valence electrons. The Balaban J connectivity index is 1.61. The summed E-state index contributed by atoms with van der Waals surface area (Å²) in [5.74, 6) is 1.86. The number of hydrogen-bond donors (Lipinski definition) is 1. The SMILES string of the molecule is Cc1ccc(NC[C@@H]2[C@H](C)CCCN2C(=O)c2cc(C)ccc2-c2ncccn2)nc1. The van der Waals surface area contributed by atoms with Crippen LogP contribution in [-0.4, -0.2) is 44.9 Å². The Labute approximate surface area is 183 Å². The number of carbonyl (C=O) groups is 1. The number of hydrogen-bond acceptors (Lipinski definition) is 5. The first-order valence-electron chi connectivity index (χ1n) is 10.9. The number of aromatic nitrogens is 3. The first kappa shape index (κ1) is 21.0. The van der Waals surface area contributed by atoms with Crippen molar-refractivity contribution >= 4 is 11.7 Å². The van der Waals surface area contributed by atoms with Gasteiger partial charge in [-0.05, 0) is 56.4 Å². The highest BCUT2D eigenvalue weighted by Gasteiger charge is 2.33. The van der Waals surface area contributed by atoms with Crippen LogP contribution in [0.1, 0.15) is 41.3 Å².